The van der Waals surface area contributed by atoms with Crippen LogP contribution < -0.4 is 11.1 Å². The monoisotopic (exact) mass is 499 g/mol. The third-order valence-corrected chi connectivity index (χ3v) is 6.60. The normalized spacial score (nSPS) is 18.8. The van der Waals surface area contributed by atoms with E-state index in [1.807, 2.05) is 47.4 Å². The van der Waals surface area contributed by atoms with Gasteiger partial charge in [0.25, 0.3) is 5.91 Å². The molecule has 3 N–H and O–H groups in total. The zero-order valence-electron chi connectivity index (χ0n) is 19.2. The molecule has 0 saturated heterocycles. The molecule has 2 amide bonds. The van der Waals surface area contributed by atoms with Gasteiger partial charge in [-0.05, 0) is 57.9 Å². The number of rotatable bonds is 6. The van der Waals surface area contributed by atoms with Crippen molar-refractivity contribution in [3.05, 3.63) is 64.1 Å². The molecular formula is C26H34BrN3O2. The molecule has 32 heavy (non-hydrogen) atoms. The van der Waals surface area contributed by atoms with E-state index in [-0.39, 0.29) is 29.3 Å². The highest BCUT2D eigenvalue weighted by Gasteiger charge is 2.33. The summed E-state index contributed by atoms with van der Waals surface area (Å²) in [5.74, 6) is -0.0707. The number of anilines is 1. The quantitative estimate of drug-likeness (QED) is 0.532. The molecule has 0 heterocycles. The van der Waals surface area contributed by atoms with Crippen molar-refractivity contribution in [3.8, 4) is 0 Å². The minimum atomic E-state index is -0.188. The highest BCUT2D eigenvalue weighted by Crippen LogP contribution is 2.29. The molecule has 2 unspecified atom stereocenters. The number of hydrogen-bond acceptors (Lipinski definition) is 3. The molecule has 1 aliphatic rings. The number of carbonyl (C=O) groups is 2. The number of carbonyl (C=O) groups excluding carboxylic acids is 2. The SMILES string of the molecule is CC(C)(C)CC(=O)N(Cc1ccccc1NC(=O)c1ccccc1Br)C1CCCCC1N. The van der Waals surface area contributed by atoms with Gasteiger partial charge in [0.15, 0.2) is 0 Å². The van der Waals surface area contributed by atoms with E-state index in [1.165, 1.54) is 0 Å². The molecule has 0 radical (unpaired) electrons. The highest BCUT2D eigenvalue weighted by atomic mass is 79.9. The van der Waals surface area contributed by atoms with Crippen LogP contribution in [0.1, 0.15) is 68.8 Å². The molecule has 0 bridgehead atoms. The van der Waals surface area contributed by atoms with Gasteiger partial charge in [-0.3, -0.25) is 9.59 Å². The van der Waals surface area contributed by atoms with Crippen LogP contribution >= 0.6 is 15.9 Å². The molecule has 0 aliphatic heterocycles. The van der Waals surface area contributed by atoms with Gasteiger partial charge in [0, 0.05) is 35.2 Å². The van der Waals surface area contributed by atoms with Crippen LogP contribution in [0.5, 0.6) is 0 Å². The van der Waals surface area contributed by atoms with Crippen molar-refractivity contribution < 1.29 is 9.59 Å². The fraction of sp³-hybridized carbons (Fsp3) is 0.462. The molecule has 2 aromatic carbocycles. The van der Waals surface area contributed by atoms with Crippen LogP contribution in [0.2, 0.25) is 0 Å². The lowest BCUT2D eigenvalue weighted by molar-refractivity contribution is -0.137. The number of para-hydroxylation sites is 1. The van der Waals surface area contributed by atoms with Gasteiger partial charge in [0.1, 0.15) is 0 Å². The Balaban J connectivity index is 1.87. The fourth-order valence-electron chi connectivity index (χ4n) is 4.27. The predicted molar refractivity (Wildman–Crippen MR) is 133 cm³/mol. The minimum Gasteiger partial charge on any atom is -0.334 e. The van der Waals surface area contributed by atoms with Gasteiger partial charge in [-0.25, -0.2) is 0 Å². The van der Waals surface area contributed by atoms with Crippen molar-refractivity contribution in [1.29, 1.82) is 0 Å². The van der Waals surface area contributed by atoms with Crippen LogP contribution in [0.3, 0.4) is 0 Å². The number of benzene rings is 2. The van der Waals surface area contributed by atoms with Crippen LogP contribution in [-0.2, 0) is 11.3 Å². The van der Waals surface area contributed by atoms with Crippen molar-refractivity contribution in [1.82, 2.24) is 4.90 Å². The number of hydrogen-bond donors (Lipinski definition) is 2. The average molecular weight is 500 g/mol. The maximum Gasteiger partial charge on any atom is 0.256 e. The summed E-state index contributed by atoms with van der Waals surface area (Å²) in [6.45, 7) is 6.67. The first-order valence-corrected chi connectivity index (χ1v) is 12.1. The molecule has 1 fully saturated rings. The van der Waals surface area contributed by atoms with E-state index in [9.17, 15) is 9.59 Å². The number of nitrogens with one attached hydrogen (secondary N) is 1. The Labute approximate surface area is 199 Å². The molecule has 5 nitrogen and oxygen atoms in total. The van der Waals surface area contributed by atoms with Crippen molar-refractivity contribution in [2.75, 3.05) is 5.32 Å². The smallest absolute Gasteiger partial charge is 0.256 e. The van der Waals surface area contributed by atoms with Gasteiger partial charge in [0.05, 0.1) is 5.56 Å². The Morgan fingerprint density at radius 3 is 2.41 bits per heavy atom. The van der Waals surface area contributed by atoms with E-state index in [0.29, 0.717) is 24.2 Å². The lowest BCUT2D eigenvalue weighted by atomic mass is 9.87. The third kappa shape index (κ3) is 6.42. The molecule has 0 aromatic heterocycles. The molecule has 172 valence electrons. The Hall–Kier alpha value is -2.18. The van der Waals surface area contributed by atoms with Gasteiger partial charge >= 0.3 is 0 Å². The molecule has 2 atom stereocenters. The van der Waals surface area contributed by atoms with Crippen molar-refractivity contribution >= 4 is 33.4 Å². The lowest BCUT2D eigenvalue weighted by Gasteiger charge is -2.40. The summed E-state index contributed by atoms with van der Waals surface area (Å²) in [6.07, 6.45) is 4.50. The van der Waals surface area contributed by atoms with Crippen molar-refractivity contribution in [3.63, 3.8) is 0 Å². The van der Waals surface area contributed by atoms with Gasteiger partial charge < -0.3 is 16.0 Å². The molecule has 3 rings (SSSR count). The zero-order valence-corrected chi connectivity index (χ0v) is 20.8. The predicted octanol–water partition coefficient (Wildman–Crippen LogP) is 5.74. The zero-order chi connectivity index (χ0) is 23.3. The third-order valence-electron chi connectivity index (χ3n) is 5.91. The van der Waals surface area contributed by atoms with E-state index < -0.39 is 0 Å². The Morgan fingerprint density at radius 2 is 1.72 bits per heavy atom. The van der Waals surface area contributed by atoms with Crippen molar-refractivity contribution in [2.24, 2.45) is 11.1 Å². The summed E-state index contributed by atoms with van der Waals surface area (Å²) in [4.78, 5) is 28.2. The minimum absolute atomic E-state index is 0.0188. The first-order chi connectivity index (χ1) is 15.2. The first kappa shape index (κ1) is 24.5. The molecule has 0 spiro atoms. The van der Waals surface area contributed by atoms with E-state index in [1.54, 1.807) is 6.07 Å². The number of nitrogens with zero attached hydrogens (tertiary/aromatic N) is 1. The molecule has 6 heteroatoms. The van der Waals surface area contributed by atoms with Gasteiger partial charge in [0.2, 0.25) is 5.91 Å². The number of nitrogens with two attached hydrogens (primary N) is 1. The summed E-state index contributed by atoms with van der Waals surface area (Å²) in [6, 6.07) is 15.0. The van der Waals surface area contributed by atoms with E-state index in [0.717, 1.165) is 35.7 Å². The van der Waals surface area contributed by atoms with E-state index >= 15 is 0 Å². The summed E-state index contributed by atoms with van der Waals surface area (Å²) >= 11 is 3.45. The Bertz CT molecular complexity index is 954. The van der Waals surface area contributed by atoms with Gasteiger partial charge in [-0.1, -0.05) is 63.9 Å². The molecular weight excluding hydrogens is 466 g/mol. The van der Waals surface area contributed by atoms with Crippen LogP contribution in [0.4, 0.5) is 5.69 Å². The van der Waals surface area contributed by atoms with Crippen LogP contribution in [0.25, 0.3) is 0 Å². The van der Waals surface area contributed by atoms with Crippen molar-refractivity contribution in [2.45, 2.75) is 71.5 Å². The second kappa shape index (κ2) is 10.6. The maximum absolute atomic E-state index is 13.4. The van der Waals surface area contributed by atoms with Crippen LogP contribution in [0, 0.1) is 5.41 Å². The largest absolute Gasteiger partial charge is 0.334 e. The lowest BCUT2D eigenvalue weighted by Crippen LogP contribution is -2.52. The first-order valence-electron chi connectivity index (χ1n) is 11.3. The van der Waals surface area contributed by atoms with E-state index in [2.05, 4.69) is 42.0 Å². The summed E-state index contributed by atoms with van der Waals surface area (Å²) in [5, 5.41) is 3.04. The Morgan fingerprint density at radius 1 is 1.06 bits per heavy atom. The van der Waals surface area contributed by atoms with Gasteiger partial charge in [-0.2, -0.15) is 0 Å². The number of amides is 2. The fourth-order valence-corrected chi connectivity index (χ4v) is 4.74. The van der Waals surface area contributed by atoms with Gasteiger partial charge in [-0.15, -0.1) is 0 Å². The topological polar surface area (TPSA) is 75.4 Å². The number of halogens is 1. The van der Waals surface area contributed by atoms with Crippen LogP contribution in [-0.4, -0.2) is 28.8 Å². The van der Waals surface area contributed by atoms with E-state index in [4.69, 9.17) is 5.73 Å². The molecule has 1 saturated carbocycles. The molecule has 1 aliphatic carbocycles. The second-order valence-corrected chi connectivity index (χ2v) is 10.7. The van der Waals surface area contributed by atoms with Crippen LogP contribution in [0.15, 0.2) is 53.0 Å². The summed E-state index contributed by atoms with van der Waals surface area (Å²) < 4.78 is 0.741. The highest BCUT2D eigenvalue weighted by molar-refractivity contribution is 9.10. The summed E-state index contributed by atoms with van der Waals surface area (Å²) in [5.41, 5.74) is 8.56. The molecule has 2 aromatic rings. The Kier molecular flexibility index (Phi) is 8.12. The average Bonchev–Trinajstić information content (AvgIpc) is 2.72. The second-order valence-electron chi connectivity index (χ2n) is 9.87. The maximum atomic E-state index is 13.4. The standard InChI is InChI=1S/C26H34BrN3O2/c1-26(2,3)16-24(31)30(23-15-9-7-13-21(23)28)17-18-10-4-8-14-22(18)29-25(32)19-11-5-6-12-20(19)27/h4-6,8,10-12,14,21,23H,7,9,13,15-17,28H2,1-3H3,(H,29,32). The summed E-state index contributed by atoms with van der Waals surface area (Å²) in [7, 11) is 0.